The predicted octanol–water partition coefficient (Wildman–Crippen LogP) is 3.03. The minimum Gasteiger partial charge on any atom is -0.478 e. The Morgan fingerprint density at radius 2 is 1.70 bits per heavy atom. The maximum Gasteiger partial charge on any atom is 0.332 e. The topological polar surface area (TPSA) is 84.9 Å². The van der Waals surface area contributed by atoms with Crippen LogP contribution < -0.4 is 5.32 Å². The van der Waals surface area contributed by atoms with Crippen LogP contribution in [0.15, 0.2) is 59.3 Å². The number of hydrogen-bond acceptors (Lipinski definition) is 4. The second-order valence-electron chi connectivity index (χ2n) is 6.55. The number of ether oxygens (including phenoxy) is 2. The van der Waals surface area contributed by atoms with Crippen molar-refractivity contribution in [2.45, 2.75) is 31.5 Å². The first-order chi connectivity index (χ1) is 13.0. The molecule has 2 aliphatic rings. The van der Waals surface area contributed by atoms with Gasteiger partial charge in [-0.05, 0) is 36.5 Å². The van der Waals surface area contributed by atoms with E-state index in [0.29, 0.717) is 37.0 Å². The van der Waals surface area contributed by atoms with Gasteiger partial charge in [-0.1, -0.05) is 36.4 Å². The molecule has 1 amide bonds. The summed E-state index contributed by atoms with van der Waals surface area (Å²) in [5.74, 6) is -2.59. The highest BCUT2D eigenvalue weighted by Crippen LogP contribution is 2.37. The lowest BCUT2D eigenvalue weighted by Crippen LogP contribution is -2.45. The van der Waals surface area contributed by atoms with Crippen LogP contribution in [-0.4, -0.2) is 37.0 Å². The summed E-state index contributed by atoms with van der Waals surface area (Å²) >= 11 is 0. The highest BCUT2D eigenvalue weighted by Gasteiger charge is 2.39. The van der Waals surface area contributed by atoms with Gasteiger partial charge in [-0.3, -0.25) is 4.79 Å². The quantitative estimate of drug-likeness (QED) is 0.753. The number of benzene rings is 1. The molecule has 0 saturated heterocycles. The van der Waals surface area contributed by atoms with Gasteiger partial charge in [-0.2, -0.15) is 0 Å². The Hall–Kier alpha value is -2.70. The fraction of sp³-hybridized carbons (Fsp3) is 0.333. The monoisotopic (exact) mass is 369 g/mol. The molecule has 0 bridgehead atoms. The van der Waals surface area contributed by atoms with Gasteiger partial charge in [-0.25, -0.2) is 4.79 Å². The van der Waals surface area contributed by atoms with Crippen LogP contribution in [-0.2, 0) is 19.1 Å². The van der Waals surface area contributed by atoms with E-state index in [0.717, 1.165) is 11.1 Å². The van der Waals surface area contributed by atoms with E-state index in [2.05, 4.69) is 5.32 Å². The number of carboxylic acid groups (broad SMARTS) is 1. The number of nitrogens with one attached hydrogen (secondary N) is 1. The number of carboxylic acids is 1. The summed E-state index contributed by atoms with van der Waals surface area (Å²) in [6, 6.07) is 9.87. The molecule has 0 heterocycles. The molecular weight excluding hydrogens is 346 g/mol. The van der Waals surface area contributed by atoms with E-state index < -0.39 is 17.7 Å². The van der Waals surface area contributed by atoms with Crippen LogP contribution in [0.1, 0.15) is 31.2 Å². The molecule has 0 atom stereocenters. The number of methoxy groups -OCH3 is 2. The Kier molecular flexibility index (Phi) is 5.58. The van der Waals surface area contributed by atoms with Crippen LogP contribution >= 0.6 is 0 Å². The number of allylic oxidation sites excluding steroid dienone is 2. The smallest absolute Gasteiger partial charge is 0.332 e. The Bertz CT molecular complexity index is 831. The van der Waals surface area contributed by atoms with Crippen LogP contribution in [0, 0.1) is 0 Å². The van der Waals surface area contributed by atoms with Crippen LogP contribution in [0.2, 0.25) is 0 Å². The van der Waals surface area contributed by atoms with Gasteiger partial charge >= 0.3 is 5.97 Å². The SMILES string of the molecule is COC1(OC)CC(c2ccccc2)=CC=C1NC(=O)C1=C(C(=O)O)CCC1. The van der Waals surface area contributed by atoms with Gasteiger partial charge in [0.2, 0.25) is 5.79 Å². The standard InChI is InChI=1S/C21H23NO5/c1-26-21(27-2)13-15(14-7-4-3-5-8-14)11-12-18(21)22-19(23)16-9-6-10-17(16)20(24)25/h3-5,7-8,11-12H,6,9-10,13H2,1-2H3,(H,22,23)(H,24,25). The van der Waals surface area contributed by atoms with Gasteiger partial charge in [0.15, 0.2) is 0 Å². The van der Waals surface area contributed by atoms with E-state index in [1.165, 1.54) is 14.2 Å². The number of carbonyl (C=O) groups is 2. The molecule has 2 N–H and O–H groups in total. The average Bonchev–Trinajstić information content (AvgIpc) is 3.19. The van der Waals surface area contributed by atoms with Crippen LogP contribution in [0.5, 0.6) is 0 Å². The molecule has 3 rings (SSSR count). The van der Waals surface area contributed by atoms with Crippen molar-refractivity contribution in [2.24, 2.45) is 0 Å². The maximum atomic E-state index is 12.7. The molecule has 6 heteroatoms. The van der Waals surface area contributed by atoms with E-state index >= 15 is 0 Å². The van der Waals surface area contributed by atoms with Crippen molar-refractivity contribution in [1.82, 2.24) is 5.32 Å². The second kappa shape index (κ2) is 7.90. The third kappa shape index (κ3) is 3.72. The lowest BCUT2D eigenvalue weighted by atomic mass is 9.91. The minimum absolute atomic E-state index is 0.185. The van der Waals surface area contributed by atoms with E-state index in [-0.39, 0.29) is 5.57 Å². The third-order valence-corrected chi connectivity index (χ3v) is 5.09. The molecule has 0 aliphatic heterocycles. The van der Waals surface area contributed by atoms with Crippen molar-refractivity contribution in [2.75, 3.05) is 14.2 Å². The lowest BCUT2D eigenvalue weighted by molar-refractivity contribution is -0.179. The highest BCUT2D eigenvalue weighted by atomic mass is 16.7. The first-order valence-corrected chi connectivity index (χ1v) is 8.84. The van der Waals surface area contributed by atoms with Crippen LogP contribution in [0.3, 0.4) is 0 Å². The van der Waals surface area contributed by atoms with Crippen molar-refractivity contribution in [3.8, 4) is 0 Å². The lowest BCUT2D eigenvalue weighted by Gasteiger charge is -2.36. The highest BCUT2D eigenvalue weighted by molar-refractivity contribution is 6.03. The zero-order valence-corrected chi connectivity index (χ0v) is 15.5. The molecule has 0 fully saturated rings. The first kappa shape index (κ1) is 19.1. The Morgan fingerprint density at radius 1 is 1.04 bits per heavy atom. The zero-order valence-electron chi connectivity index (χ0n) is 15.5. The summed E-state index contributed by atoms with van der Waals surface area (Å²) in [6.45, 7) is 0. The van der Waals surface area contributed by atoms with Gasteiger partial charge in [0.25, 0.3) is 5.91 Å². The number of rotatable bonds is 6. The number of hydrogen-bond donors (Lipinski definition) is 2. The fourth-order valence-corrected chi connectivity index (χ4v) is 3.58. The van der Waals surface area contributed by atoms with Crippen LogP contribution in [0.4, 0.5) is 0 Å². The van der Waals surface area contributed by atoms with Crippen molar-refractivity contribution in [3.63, 3.8) is 0 Å². The van der Waals surface area contributed by atoms with Crippen molar-refractivity contribution in [1.29, 1.82) is 0 Å². The summed E-state index contributed by atoms with van der Waals surface area (Å²) in [5, 5.41) is 12.1. The molecule has 0 unspecified atom stereocenters. The summed E-state index contributed by atoms with van der Waals surface area (Å²) in [4.78, 5) is 24.0. The van der Waals surface area contributed by atoms with Gasteiger partial charge in [0.05, 0.1) is 5.70 Å². The second-order valence-corrected chi connectivity index (χ2v) is 6.55. The van der Waals surface area contributed by atoms with Crippen molar-refractivity contribution < 1.29 is 24.2 Å². The van der Waals surface area contributed by atoms with Crippen molar-refractivity contribution in [3.05, 3.63) is 64.9 Å². The number of aliphatic carboxylic acids is 1. The van der Waals surface area contributed by atoms with Gasteiger partial charge < -0.3 is 19.9 Å². The van der Waals surface area contributed by atoms with E-state index in [1.807, 2.05) is 36.4 Å². The molecule has 1 aromatic carbocycles. The van der Waals surface area contributed by atoms with Gasteiger partial charge in [0.1, 0.15) is 0 Å². The number of carbonyl (C=O) groups excluding carboxylic acids is 1. The molecule has 6 nitrogen and oxygen atoms in total. The first-order valence-electron chi connectivity index (χ1n) is 8.84. The summed E-state index contributed by atoms with van der Waals surface area (Å²) in [6.07, 6.45) is 5.63. The summed E-state index contributed by atoms with van der Waals surface area (Å²) in [5.41, 5.74) is 3.03. The third-order valence-electron chi connectivity index (χ3n) is 5.09. The summed E-state index contributed by atoms with van der Waals surface area (Å²) in [7, 11) is 3.05. The van der Waals surface area contributed by atoms with Gasteiger partial charge in [0, 0.05) is 31.8 Å². The maximum absolute atomic E-state index is 12.7. The van der Waals surface area contributed by atoms with Crippen molar-refractivity contribution >= 4 is 17.4 Å². The largest absolute Gasteiger partial charge is 0.478 e. The van der Waals surface area contributed by atoms with E-state index in [4.69, 9.17) is 9.47 Å². The molecule has 1 aromatic rings. The van der Waals surface area contributed by atoms with Gasteiger partial charge in [-0.15, -0.1) is 0 Å². The molecule has 0 radical (unpaired) electrons. The molecular formula is C21H23NO5. The molecule has 27 heavy (non-hydrogen) atoms. The fourth-order valence-electron chi connectivity index (χ4n) is 3.58. The number of amides is 1. The zero-order chi connectivity index (χ0) is 19.4. The van der Waals surface area contributed by atoms with Crippen LogP contribution in [0.25, 0.3) is 5.57 Å². The van der Waals surface area contributed by atoms with E-state index in [9.17, 15) is 14.7 Å². The molecule has 0 spiro atoms. The molecule has 0 aromatic heterocycles. The average molecular weight is 369 g/mol. The molecule has 0 saturated carbocycles. The Balaban J connectivity index is 1.91. The normalized spacial score (nSPS) is 18.7. The molecule has 2 aliphatic carbocycles. The minimum atomic E-state index is -1.14. The molecule has 142 valence electrons. The summed E-state index contributed by atoms with van der Waals surface area (Å²) < 4.78 is 11.3. The van der Waals surface area contributed by atoms with E-state index in [1.54, 1.807) is 6.08 Å². The predicted molar refractivity (Wildman–Crippen MR) is 101 cm³/mol. The Labute approximate surface area is 158 Å². The Morgan fingerprint density at radius 3 is 2.33 bits per heavy atom.